The zero-order chi connectivity index (χ0) is 21.1. The van der Waals surface area contributed by atoms with Crippen LogP contribution in [-0.4, -0.2) is 71.3 Å². The Bertz CT molecular complexity index is 1290. The number of anilines is 2. The Kier molecular flexibility index (Phi) is 4.03. The van der Waals surface area contributed by atoms with Gasteiger partial charge in [-0.15, -0.1) is 0 Å². The molecule has 11 nitrogen and oxygen atoms in total. The number of H-pyrrole nitrogens is 1. The molecule has 1 amide bonds. The van der Waals surface area contributed by atoms with Crippen molar-refractivity contribution in [3.05, 3.63) is 40.8 Å². The predicted molar refractivity (Wildman–Crippen MR) is 116 cm³/mol. The van der Waals surface area contributed by atoms with Crippen molar-refractivity contribution in [3.63, 3.8) is 0 Å². The molecule has 158 valence electrons. The molecule has 0 aliphatic carbocycles. The molecular weight excluding hydrogens is 466 g/mol. The van der Waals surface area contributed by atoms with Gasteiger partial charge in [0.1, 0.15) is 5.82 Å². The first-order valence-electron chi connectivity index (χ1n) is 9.90. The second-order valence-corrected chi connectivity index (χ2v) is 8.65. The van der Waals surface area contributed by atoms with Crippen molar-refractivity contribution in [1.82, 2.24) is 34.4 Å². The lowest BCUT2D eigenvalue weighted by atomic mass is 9.93. The molecule has 5 heterocycles. The van der Waals surface area contributed by atoms with Crippen LogP contribution in [0.4, 0.5) is 16.7 Å². The summed E-state index contributed by atoms with van der Waals surface area (Å²) in [5.74, 6) is 2.20. The number of amides is 1. The summed E-state index contributed by atoms with van der Waals surface area (Å²) in [5.41, 5.74) is 2.53. The van der Waals surface area contributed by atoms with Crippen molar-refractivity contribution in [2.45, 2.75) is 12.6 Å². The summed E-state index contributed by atoms with van der Waals surface area (Å²) in [4.78, 5) is 32.1. The van der Waals surface area contributed by atoms with E-state index in [0.29, 0.717) is 43.1 Å². The maximum absolute atomic E-state index is 11.3. The molecule has 31 heavy (non-hydrogen) atoms. The predicted octanol–water partition coefficient (Wildman–Crippen LogP) is 2.17. The molecule has 0 unspecified atom stereocenters. The maximum Gasteiger partial charge on any atom is 0.407 e. The van der Waals surface area contributed by atoms with Crippen LogP contribution in [0.5, 0.6) is 0 Å². The van der Waals surface area contributed by atoms with E-state index in [0.717, 1.165) is 27.9 Å². The largest absolute Gasteiger partial charge is 0.465 e. The van der Waals surface area contributed by atoms with Gasteiger partial charge < -0.3 is 25.2 Å². The molecule has 6 rings (SSSR count). The highest BCUT2D eigenvalue weighted by molar-refractivity contribution is 9.10. The molecule has 3 N–H and O–H groups in total. The number of halogens is 1. The van der Waals surface area contributed by atoms with Gasteiger partial charge in [-0.05, 0) is 28.1 Å². The van der Waals surface area contributed by atoms with Crippen LogP contribution in [0.25, 0.3) is 16.7 Å². The van der Waals surface area contributed by atoms with Crippen LogP contribution >= 0.6 is 15.9 Å². The second kappa shape index (κ2) is 6.80. The first kappa shape index (κ1) is 18.4. The Hall–Kier alpha value is -3.41. The number of nitrogens with one attached hydrogen (secondary N) is 2. The Morgan fingerprint density at radius 2 is 2.10 bits per heavy atom. The van der Waals surface area contributed by atoms with Crippen molar-refractivity contribution < 1.29 is 9.90 Å². The van der Waals surface area contributed by atoms with E-state index in [2.05, 4.69) is 41.3 Å². The lowest BCUT2D eigenvalue weighted by Crippen LogP contribution is -2.57. The fraction of sp³-hybridized carbons (Fsp3) is 0.316. The molecule has 2 fully saturated rings. The number of imidazole rings is 1. The van der Waals surface area contributed by atoms with Crippen LogP contribution < -0.4 is 10.2 Å². The van der Waals surface area contributed by atoms with Gasteiger partial charge in [-0.25, -0.2) is 9.78 Å². The first-order chi connectivity index (χ1) is 15.1. The van der Waals surface area contributed by atoms with Gasteiger partial charge in [-0.1, -0.05) is 12.1 Å². The highest BCUT2D eigenvalue weighted by Crippen LogP contribution is 2.34. The van der Waals surface area contributed by atoms with Gasteiger partial charge in [0.25, 0.3) is 0 Å². The van der Waals surface area contributed by atoms with Crippen molar-refractivity contribution in [2.24, 2.45) is 5.92 Å². The highest BCUT2D eigenvalue weighted by atomic mass is 79.9. The smallest absolute Gasteiger partial charge is 0.407 e. The van der Waals surface area contributed by atoms with Crippen LogP contribution in [0.2, 0.25) is 0 Å². The summed E-state index contributed by atoms with van der Waals surface area (Å²) in [7, 11) is 0. The van der Waals surface area contributed by atoms with E-state index in [1.807, 2.05) is 29.2 Å². The molecule has 0 saturated carbocycles. The minimum atomic E-state index is -0.869. The molecule has 0 bridgehead atoms. The molecular formula is C19H18BrN9O2. The van der Waals surface area contributed by atoms with Crippen LogP contribution in [-0.2, 0) is 6.54 Å². The van der Waals surface area contributed by atoms with E-state index >= 15 is 0 Å². The van der Waals surface area contributed by atoms with E-state index in [4.69, 9.17) is 4.98 Å². The summed E-state index contributed by atoms with van der Waals surface area (Å²) < 4.78 is 2.40. The monoisotopic (exact) mass is 483 g/mol. The highest BCUT2D eigenvalue weighted by Gasteiger charge is 2.48. The number of nitrogens with zero attached hydrogens (tertiary/aromatic N) is 7. The molecule has 12 heteroatoms. The summed E-state index contributed by atoms with van der Waals surface area (Å²) in [5, 5.41) is 17.0. The van der Waals surface area contributed by atoms with E-state index < -0.39 is 6.09 Å². The normalized spacial score (nSPS) is 20.3. The van der Waals surface area contributed by atoms with E-state index in [-0.39, 0.29) is 6.04 Å². The summed E-state index contributed by atoms with van der Waals surface area (Å²) >= 11 is 3.50. The molecule has 0 radical (unpaired) electrons. The van der Waals surface area contributed by atoms with Crippen LogP contribution in [0.1, 0.15) is 5.82 Å². The second-order valence-electron chi connectivity index (χ2n) is 7.80. The third-order valence-electron chi connectivity index (χ3n) is 5.93. The van der Waals surface area contributed by atoms with Crippen LogP contribution in [0.3, 0.4) is 0 Å². The number of carboxylic acid groups (broad SMARTS) is 1. The zero-order valence-corrected chi connectivity index (χ0v) is 17.8. The van der Waals surface area contributed by atoms with Crippen molar-refractivity contribution >= 4 is 50.6 Å². The summed E-state index contributed by atoms with van der Waals surface area (Å²) in [6.45, 7) is 2.32. The van der Waals surface area contributed by atoms with Gasteiger partial charge in [0.15, 0.2) is 5.65 Å². The van der Waals surface area contributed by atoms with Gasteiger partial charge in [-0.3, -0.25) is 0 Å². The third kappa shape index (κ3) is 2.97. The topological polar surface area (TPSA) is 128 Å². The van der Waals surface area contributed by atoms with Crippen molar-refractivity contribution in [1.29, 1.82) is 0 Å². The first-order valence-corrected chi connectivity index (χ1v) is 10.7. The molecule has 2 aliphatic heterocycles. The van der Waals surface area contributed by atoms with E-state index in [1.54, 1.807) is 10.7 Å². The van der Waals surface area contributed by atoms with Crippen LogP contribution in [0, 0.1) is 5.92 Å². The minimum absolute atomic E-state index is 0.00219. The number of fused-ring (bicyclic) bond motifs is 3. The fourth-order valence-electron chi connectivity index (χ4n) is 4.37. The Morgan fingerprint density at radius 3 is 2.94 bits per heavy atom. The fourth-order valence-corrected chi connectivity index (χ4v) is 4.72. The van der Waals surface area contributed by atoms with Crippen molar-refractivity contribution in [2.75, 3.05) is 29.9 Å². The molecule has 4 aromatic rings. The summed E-state index contributed by atoms with van der Waals surface area (Å²) in [6.07, 6.45) is 0.811. The molecule has 2 saturated heterocycles. The van der Waals surface area contributed by atoms with Gasteiger partial charge in [0.2, 0.25) is 11.9 Å². The van der Waals surface area contributed by atoms with Gasteiger partial charge >= 0.3 is 6.09 Å². The molecule has 0 spiro atoms. The summed E-state index contributed by atoms with van der Waals surface area (Å²) in [6, 6.07) is 7.87. The number of hydrogen-bond donors (Lipinski definition) is 3. The standard InChI is InChI=1S/C19H18BrN9O2/c20-11-5-22-29-16(11)25-18(27-7-10-8-28(19(30)31)14(10)9-27)26-17(29)21-6-15-23-12-3-1-2-4-13(12)24-15/h1-5,10,14H,6-9H2,(H,23,24)(H,30,31)(H,21,25,26)/t10-,14-/m1/s1. The average molecular weight is 484 g/mol. The number of likely N-dealkylation sites (tertiary alicyclic amines) is 1. The zero-order valence-electron chi connectivity index (χ0n) is 16.2. The quantitative estimate of drug-likeness (QED) is 0.402. The number of benzene rings is 1. The number of rotatable bonds is 4. The third-order valence-corrected chi connectivity index (χ3v) is 6.49. The lowest BCUT2D eigenvalue weighted by Gasteiger charge is -2.40. The maximum atomic E-state index is 11.3. The average Bonchev–Trinajstić information content (AvgIpc) is 3.42. The van der Waals surface area contributed by atoms with E-state index in [9.17, 15) is 9.90 Å². The number of carbonyl (C=O) groups is 1. The van der Waals surface area contributed by atoms with Crippen molar-refractivity contribution in [3.8, 4) is 0 Å². The van der Waals surface area contributed by atoms with Crippen LogP contribution in [0.15, 0.2) is 34.9 Å². The Balaban J connectivity index is 1.29. The van der Waals surface area contributed by atoms with Gasteiger partial charge in [0, 0.05) is 25.6 Å². The number of para-hydroxylation sites is 2. The number of hydrogen-bond acceptors (Lipinski definition) is 7. The Labute approximate surface area is 184 Å². The Morgan fingerprint density at radius 1 is 1.23 bits per heavy atom. The number of aromatic amines is 1. The number of aromatic nitrogens is 6. The minimum Gasteiger partial charge on any atom is -0.465 e. The molecule has 1 aromatic carbocycles. The van der Waals surface area contributed by atoms with Gasteiger partial charge in [-0.2, -0.15) is 19.6 Å². The molecule has 2 aliphatic rings. The van der Waals surface area contributed by atoms with E-state index in [1.165, 1.54) is 4.90 Å². The van der Waals surface area contributed by atoms with Gasteiger partial charge in [0.05, 0.1) is 34.3 Å². The molecule has 2 atom stereocenters. The lowest BCUT2D eigenvalue weighted by molar-refractivity contribution is 0.0507. The SMILES string of the molecule is O=C(O)N1C[C@H]2CN(c3nc(NCc4nc5ccccc5[nH]4)n4ncc(Br)c4n3)C[C@H]21. The molecule has 3 aromatic heterocycles.